The SMILES string of the molecule is CN(C)S(=O)(=O)CCn1cc(-c2cccc3cnccc23)nn1. The van der Waals surface area contributed by atoms with Crippen molar-refractivity contribution in [3.05, 3.63) is 42.9 Å². The molecule has 0 spiro atoms. The summed E-state index contributed by atoms with van der Waals surface area (Å²) in [6, 6.07) is 7.82. The highest BCUT2D eigenvalue weighted by Crippen LogP contribution is 2.26. The summed E-state index contributed by atoms with van der Waals surface area (Å²) in [5.74, 6) is -0.0116. The van der Waals surface area contributed by atoms with E-state index >= 15 is 0 Å². The average Bonchev–Trinajstić information content (AvgIpc) is 3.01. The lowest BCUT2D eigenvalue weighted by atomic mass is 10.0. The van der Waals surface area contributed by atoms with Gasteiger partial charge in [-0.05, 0) is 11.5 Å². The first-order valence-electron chi connectivity index (χ1n) is 7.11. The molecule has 0 fully saturated rings. The third-order valence-electron chi connectivity index (χ3n) is 3.63. The maximum atomic E-state index is 11.8. The number of hydrogen-bond donors (Lipinski definition) is 0. The molecule has 0 N–H and O–H groups in total. The number of aryl methyl sites for hydroxylation is 1. The van der Waals surface area contributed by atoms with Gasteiger partial charge in [-0.15, -0.1) is 5.10 Å². The quantitative estimate of drug-likeness (QED) is 0.705. The van der Waals surface area contributed by atoms with Crippen LogP contribution in [0.5, 0.6) is 0 Å². The van der Waals surface area contributed by atoms with Crippen molar-refractivity contribution in [3.63, 3.8) is 0 Å². The van der Waals surface area contributed by atoms with Crippen LogP contribution in [-0.4, -0.2) is 52.5 Å². The van der Waals surface area contributed by atoms with Gasteiger partial charge in [0.15, 0.2) is 0 Å². The van der Waals surface area contributed by atoms with Gasteiger partial charge in [-0.1, -0.05) is 23.4 Å². The highest BCUT2D eigenvalue weighted by molar-refractivity contribution is 7.89. The van der Waals surface area contributed by atoms with Gasteiger partial charge in [0.1, 0.15) is 5.69 Å². The zero-order chi connectivity index (χ0) is 16.4. The van der Waals surface area contributed by atoms with Crippen LogP contribution in [0.15, 0.2) is 42.9 Å². The lowest BCUT2D eigenvalue weighted by Crippen LogP contribution is -2.27. The third-order valence-corrected chi connectivity index (χ3v) is 5.44. The lowest BCUT2D eigenvalue weighted by Gasteiger charge is -2.10. The largest absolute Gasteiger partial charge is 0.264 e. The molecule has 3 aromatic rings. The van der Waals surface area contributed by atoms with Crippen LogP contribution in [0, 0.1) is 0 Å². The summed E-state index contributed by atoms with van der Waals surface area (Å²) in [5.41, 5.74) is 1.66. The molecule has 0 saturated carbocycles. The maximum Gasteiger partial charge on any atom is 0.215 e. The Hall–Kier alpha value is -2.32. The summed E-state index contributed by atoms with van der Waals surface area (Å²) in [7, 11) is -0.210. The van der Waals surface area contributed by atoms with Crippen LogP contribution in [-0.2, 0) is 16.6 Å². The number of fused-ring (bicyclic) bond motifs is 1. The van der Waals surface area contributed by atoms with Gasteiger partial charge in [-0.3, -0.25) is 9.67 Å². The molecule has 2 aromatic heterocycles. The Morgan fingerprint density at radius 2 is 2.04 bits per heavy atom. The van der Waals surface area contributed by atoms with Gasteiger partial charge in [0.2, 0.25) is 10.0 Å². The van der Waals surface area contributed by atoms with Gasteiger partial charge in [0.25, 0.3) is 0 Å². The number of pyridine rings is 1. The second kappa shape index (κ2) is 6.05. The number of aromatic nitrogens is 4. The highest BCUT2D eigenvalue weighted by Gasteiger charge is 2.14. The minimum absolute atomic E-state index is 0.0116. The third kappa shape index (κ3) is 3.22. The molecule has 7 nitrogen and oxygen atoms in total. The molecule has 0 radical (unpaired) electrons. The molecule has 0 aliphatic heterocycles. The Morgan fingerprint density at radius 3 is 2.83 bits per heavy atom. The smallest absolute Gasteiger partial charge is 0.215 e. The number of hydrogen-bond acceptors (Lipinski definition) is 5. The van der Waals surface area contributed by atoms with Crippen molar-refractivity contribution in [1.82, 2.24) is 24.3 Å². The van der Waals surface area contributed by atoms with Gasteiger partial charge < -0.3 is 0 Å². The molecule has 0 bridgehead atoms. The maximum absolute atomic E-state index is 11.8. The van der Waals surface area contributed by atoms with Crippen molar-refractivity contribution >= 4 is 20.8 Å². The Balaban J connectivity index is 1.87. The fraction of sp³-hybridized carbons (Fsp3) is 0.267. The van der Waals surface area contributed by atoms with E-state index in [1.165, 1.54) is 18.4 Å². The second-order valence-corrected chi connectivity index (χ2v) is 7.67. The molecule has 2 heterocycles. The monoisotopic (exact) mass is 331 g/mol. The van der Waals surface area contributed by atoms with Crippen molar-refractivity contribution in [1.29, 1.82) is 0 Å². The van der Waals surface area contributed by atoms with E-state index < -0.39 is 10.0 Å². The Bertz CT molecular complexity index is 928. The molecule has 0 saturated heterocycles. The van der Waals surface area contributed by atoms with E-state index in [1.807, 2.05) is 24.3 Å². The van der Waals surface area contributed by atoms with Gasteiger partial charge in [-0.25, -0.2) is 12.7 Å². The molecular weight excluding hydrogens is 314 g/mol. The van der Waals surface area contributed by atoms with Crippen LogP contribution in [0.25, 0.3) is 22.0 Å². The normalized spacial score (nSPS) is 12.1. The summed E-state index contributed by atoms with van der Waals surface area (Å²) in [5, 5.41) is 10.3. The van der Waals surface area contributed by atoms with Gasteiger partial charge in [0.05, 0.1) is 18.5 Å². The highest BCUT2D eigenvalue weighted by atomic mass is 32.2. The molecule has 0 aliphatic rings. The van der Waals surface area contributed by atoms with E-state index in [4.69, 9.17) is 0 Å². The van der Waals surface area contributed by atoms with Gasteiger partial charge in [0, 0.05) is 37.4 Å². The van der Waals surface area contributed by atoms with Crippen molar-refractivity contribution < 1.29 is 8.42 Å². The van der Waals surface area contributed by atoms with Crippen molar-refractivity contribution in [3.8, 4) is 11.3 Å². The zero-order valence-corrected chi connectivity index (χ0v) is 13.7. The predicted molar refractivity (Wildman–Crippen MR) is 88.2 cm³/mol. The Labute approximate surface area is 134 Å². The molecule has 1 aromatic carbocycles. The lowest BCUT2D eigenvalue weighted by molar-refractivity contribution is 0.510. The van der Waals surface area contributed by atoms with Crippen molar-refractivity contribution in [2.24, 2.45) is 0 Å². The minimum Gasteiger partial charge on any atom is -0.264 e. The van der Waals surface area contributed by atoms with Crippen molar-refractivity contribution in [2.45, 2.75) is 6.54 Å². The molecule has 120 valence electrons. The van der Waals surface area contributed by atoms with Crippen LogP contribution in [0.3, 0.4) is 0 Å². The topological polar surface area (TPSA) is 81.0 Å². The zero-order valence-electron chi connectivity index (χ0n) is 12.9. The minimum atomic E-state index is -3.25. The Kier molecular flexibility index (Phi) is 4.10. The average molecular weight is 331 g/mol. The molecule has 0 amide bonds. The summed E-state index contributed by atoms with van der Waals surface area (Å²) in [6.45, 7) is 0.264. The molecule has 8 heteroatoms. The number of rotatable bonds is 5. The van der Waals surface area contributed by atoms with Gasteiger partial charge >= 0.3 is 0 Å². The molecular formula is C15H17N5O2S. The molecule has 0 aliphatic carbocycles. The van der Waals surface area contributed by atoms with E-state index in [9.17, 15) is 8.42 Å². The van der Waals surface area contributed by atoms with Crippen molar-refractivity contribution in [2.75, 3.05) is 19.8 Å². The molecule has 0 atom stereocenters. The summed E-state index contributed by atoms with van der Waals surface area (Å²) in [4.78, 5) is 4.11. The fourth-order valence-corrected chi connectivity index (χ4v) is 3.05. The first kappa shape index (κ1) is 15.6. The molecule has 3 rings (SSSR count). The fourth-order valence-electron chi connectivity index (χ4n) is 2.27. The number of sulfonamides is 1. The van der Waals surface area contributed by atoms with Crippen LogP contribution >= 0.6 is 0 Å². The van der Waals surface area contributed by atoms with Crippen LogP contribution < -0.4 is 0 Å². The Morgan fingerprint density at radius 1 is 1.22 bits per heavy atom. The number of nitrogens with zero attached hydrogens (tertiary/aromatic N) is 5. The van der Waals surface area contributed by atoms with Gasteiger partial charge in [-0.2, -0.15) is 0 Å². The van der Waals surface area contributed by atoms with E-state index in [0.29, 0.717) is 5.69 Å². The first-order valence-corrected chi connectivity index (χ1v) is 8.72. The van der Waals surface area contributed by atoms with E-state index in [2.05, 4.69) is 15.3 Å². The molecule has 23 heavy (non-hydrogen) atoms. The first-order chi connectivity index (χ1) is 11.0. The number of benzene rings is 1. The summed E-state index contributed by atoms with van der Waals surface area (Å²) < 4.78 is 26.4. The summed E-state index contributed by atoms with van der Waals surface area (Å²) >= 11 is 0. The van der Waals surface area contributed by atoms with Crippen LogP contribution in [0.1, 0.15) is 0 Å². The molecule has 0 unspecified atom stereocenters. The van der Waals surface area contributed by atoms with E-state index in [1.54, 1.807) is 23.3 Å². The second-order valence-electron chi connectivity index (χ2n) is 5.37. The summed E-state index contributed by atoms with van der Waals surface area (Å²) in [6.07, 6.45) is 5.30. The van der Waals surface area contributed by atoms with E-state index in [0.717, 1.165) is 16.3 Å². The van der Waals surface area contributed by atoms with Crippen LogP contribution in [0.2, 0.25) is 0 Å². The van der Waals surface area contributed by atoms with E-state index in [-0.39, 0.29) is 12.3 Å². The van der Waals surface area contributed by atoms with Crippen LogP contribution in [0.4, 0.5) is 0 Å². The standard InChI is InChI=1S/C15H17N5O2S/c1-19(2)23(21,22)9-8-20-11-15(17-18-20)14-5-3-4-12-10-16-7-6-13(12)14/h3-7,10-11H,8-9H2,1-2H3. The predicted octanol–water partition coefficient (Wildman–Crippen LogP) is 1.38.